The first kappa shape index (κ1) is 27.5. The summed E-state index contributed by atoms with van der Waals surface area (Å²) in [4.78, 5) is 39.5. The Morgan fingerprint density at radius 3 is 2.06 bits per heavy atom. The van der Waals surface area contributed by atoms with Gasteiger partial charge in [0, 0.05) is 31.5 Å². The maximum absolute atomic E-state index is 13.3. The van der Waals surface area contributed by atoms with E-state index in [2.05, 4.69) is 10.6 Å². The molecular weight excluding hydrogens is 454 g/mol. The number of anilines is 1. The highest BCUT2D eigenvalue weighted by atomic mass is 16.5. The fourth-order valence-electron chi connectivity index (χ4n) is 3.29. The van der Waals surface area contributed by atoms with Gasteiger partial charge in [-0.1, -0.05) is 17.7 Å². The molecule has 10 nitrogen and oxygen atoms in total. The zero-order valence-electron chi connectivity index (χ0n) is 20.8. The molecule has 2 aromatic rings. The zero-order chi connectivity index (χ0) is 25.8. The van der Waals surface area contributed by atoms with Crippen molar-refractivity contribution in [3.63, 3.8) is 0 Å². The number of carbonyl (C=O) groups is 3. The van der Waals surface area contributed by atoms with E-state index in [0.717, 1.165) is 5.56 Å². The van der Waals surface area contributed by atoms with Crippen LogP contribution in [0.2, 0.25) is 0 Å². The van der Waals surface area contributed by atoms with E-state index in [1.54, 1.807) is 19.2 Å². The fraction of sp³-hybridized carbons (Fsp3) is 0.400. The summed E-state index contributed by atoms with van der Waals surface area (Å²) in [5.74, 6) is -0.241. The predicted octanol–water partition coefficient (Wildman–Crippen LogP) is 2.25. The summed E-state index contributed by atoms with van der Waals surface area (Å²) in [6.07, 6.45) is 0.522. The maximum Gasteiger partial charge on any atom is 0.254 e. The Labute approximate surface area is 205 Å². The highest BCUT2D eigenvalue weighted by Crippen LogP contribution is 2.38. The number of ether oxygens (including phenoxy) is 4. The number of carbonyl (C=O) groups excluding carboxylic acids is 3. The fourth-order valence-corrected chi connectivity index (χ4v) is 3.29. The van der Waals surface area contributed by atoms with E-state index in [1.165, 1.54) is 38.4 Å². The number of benzene rings is 2. The van der Waals surface area contributed by atoms with Crippen molar-refractivity contribution in [2.75, 3.05) is 60.0 Å². The lowest BCUT2D eigenvalue weighted by atomic mass is 10.1. The van der Waals surface area contributed by atoms with Gasteiger partial charge < -0.3 is 34.5 Å². The summed E-state index contributed by atoms with van der Waals surface area (Å²) in [6, 6.07) is 10.4. The molecule has 0 unspecified atom stereocenters. The van der Waals surface area contributed by atoms with Crippen LogP contribution in [0, 0.1) is 6.92 Å². The molecule has 2 rings (SSSR count). The molecule has 0 saturated heterocycles. The van der Waals surface area contributed by atoms with Crippen molar-refractivity contribution in [3.05, 3.63) is 47.5 Å². The molecule has 0 aromatic heterocycles. The molecule has 190 valence electrons. The van der Waals surface area contributed by atoms with Crippen LogP contribution in [0.4, 0.5) is 5.69 Å². The summed E-state index contributed by atoms with van der Waals surface area (Å²) < 4.78 is 21.0. The normalized spacial score (nSPS) is 10.3. The van der Waals surface area contributed by atoms with Crippen LogP contribution in [0.3, 0.4) is 0 Å². The minimum Gasteiger partial charge on any atom is -0.493 e. The molecule has 35 heavy (non-hydrogen) atoms. The summed E-state index contributed by atoms with van der Waals surface area (Å²) in [5.41, 5.74) is 1.97. The van der Waals surface area contributed by atoms with Crippen molar-refractivity contribution >= 4 is 23.4 Å². The van der Waals surface area contributed by atoms with E-state index in [9.17, 15) is 14.4 Å². The van der Waals surface area contributed by atoms with Gasteiger partial charge in [0.2, 0.25) is 17.6 Å². The van der Waals surface area contributed by atoms with Crippen molar-refractivity contribution in [1.29, 1.82) is 0 Å². The topological polar surface area (TPSA) is 115 Å². The first-order valence-corrected chi connectivity index (χ1v) is 11.0. The summed E-state index contributed by atoms with van der Waals surface area (Å²) >= 11 is 0. The number of rotatable bonds is 13. The second-order valence-electron chi connectivity index (χ2n) is 7.68. The molecular formula is C25H33N3O7. The number of nitrogens with zero attached hydrogens (tertiary/aromatic N) is 1. The quantitative estimate of drug-likeness (QED) is 0.417. The number of amides is 3. The lowest BCUT2D eigenvalue weighted by Crippen LogP contribution is -2.43. The maximum atomic E-state index is 13.3. The second-order valence-corrected chi connectivity index (χ2v) is 7.68. The van der Waals surface area contributed by atoms with Crippen LogP contribution in [-0.4, -0.2) is 77.3 Å². The minimum atomic E-state index is -0.470. The third-order valence-electron chi connectivity index (χ3n) is 5.09. The van der Waals surface area contributed by atoms with Gasteiger partial charge >= 0.3 is 0 Å². The van der Waals surface area contributed by atoms with E-state index in [0.29, 0.717) is 36.0 Å². The van der Waals surface area contributed by atoms with Gasteiger partial charge in [-0.15, -0.1) is 0 Å². The summed E-state index contributed by atoms with van der Waals surface area (Å²) in [6.45, 7) is 2.17. The van der Waals surface area contributed by atoms with Crippen molar-refractivity contribution < 1.29 is 33.3 Å². The van der Waals surface area contributed by atoms with E-state index < -0.39 is 11.8 Å². The minimum absolute atomic E-state index is 0.225. The largest absolute Gasteiger partial charge is 0.493 e. The highest BCUT2D eigenvalue weighted by Gasteiger charge is 2.23. The van der Waals surface area contributed by atoms with Gasteiger partial charge in [0.05, 0.1) is 34.4 Å². The van der Waals surface area contributed by atoms with Crippen LogP contribution in [-0.2, 0) is 14.3 Å². The Morgan fingerprint density at radius 1 is 0.886 bits per heavy atom. The van der Waals surface area contributed by atoms with Crippen LogP contribution in [0.5, 0.6) is 17.2 Å². The van der Waals surface area contributed by atoms with Crippen LogP contribution in [0.1, 0.15) is 22.3 Å². The zero-order valence-corrected chi connectivity index (χ0v) is 20.8. The molecule has 0 spiro atoms. The van der Waals surface area contributed by atoms with Crippen LogP contribution >= 0.6 is 0 Å². The van der Waals surface area contributed by atoms with Crippen LogP contribution in [0.15, 0.2) is 36.4 Å². The highest BCUT2D eigenvalue weighted by molar-refractivity contribution is 5.99. The molecule has 0 aliphatic heterocycles. The van der Waals surface area contributed by atoms with Gasteiger partial charge in [0.25, 0.3) is 5.91 Å². The molecule has 10 heteroatoms. The summed E-state index contributed by atoms with van der Waals surface area (Å²) in [5, 5.41) is 5.27. The molecule has 3 amide bonds. The number of hydrogen-bond acceptors (Lipinski definition) is 7. The van der Waals surface area contributed by atoms with Crippen LogP contribution in [0.25, 0.3) is 0 Å². The molecule has 0 bridgehead atoms. The predicted molar refractivity (Wildman–Crippen MR) is 131 cm³/mol. The molecule has 2 aromatic carbocycles. The SMILES string of the molecule is COCCCN(CC(=O)NCC(=O)Nc1ccc(C)cc1)C(=O)c1cc(OC)c(OC)c(OC)c1. The van der Waals surface area contributed by atoms with Gasteiger partial charge in [-0.25, -0.2) is 0 Å². The lowest BCUT2D eigenvalue weighted by Gasteiger charge is -2.23. The van der Waals surface area contributed by atoms with Crippen LogP contribution < -0.4 is 24.8 Å². The molecule has 0 radical (unpaired) electrons. The Morgan fingerprint density at radius 2 is 1.51 bits per heavy atom. The molecule has 2 N–H and O–H groups in total. The Bertz CT molecular complexity index is 984. The standard InChI is InChI=1S/C25H33N3O7/c1-17-7-9-19(10-8-17)27-22(29)15-26-23(30)16-28(11-6-12-32-2)25(31)18-13-20(33-3)24(35-5)21(14-18)34-4/h7-10,13-14H,6,11-12,15-16H2,1-5H3,(H,26,30)(H,27,29). The van der Waals surface area contributed by atoms with Gasteiger partial charge in [-0.05, 0) is 37.6 Å². The average Bonchev–Trinajstić information content (AvgIpc) is 2.86. The number of methoxy groups -OCH3 is 4. The number of hydrogen-bond donors (Lipinski definition) is 2. The van der Waals surface area contributed by atoms with Gasteiger partial charge in [-0.2, -0.15) is 0 Å². The molecule has 0 aliphatic carbocycles. The summed E-state index contributed by atoms with van der Waals surface area (Å²) in [7, 11) is 5.94. The van der Waals surface area contributed by atoms with Crippen molar-refractivity contribution in [2.24, 2.45) is 0 Å². The van der Waals surface area contributed by atoms with Crippen molar-refractivity contribution in [1.82, 2.24) is 10.2 Å². The smallest absolute Gasteiger partial charge is 0.254 e. The van der Waals surface area contributed by atoms with Gasteiger partial charge in [0.1, 0.15) is 0 Å². The van der Waals surface area contributed by atoms with E-state index in [1.807, 2.05) is 19.1 Å². The molecule has 0 fully saturated rings. The van der Waals surface area contributed by atoms with E-state index in [-0.39, 0.29) is 31.1 Å². The molecule has 0 aliphatic rings. The Balaban J connectivity index is 2.08. The first-order chi connectivity index (χ1) is 16.8. The number of nitrogens with one attached hydrogen (secondary N) is 2. The van der Waals surface area contributed by atoms with E-state index in [4.69, 9.17) is 18.9 Å². The third-order valence-corrected chi connectivity index (χ3v) is 5.09. The van der Waals surface area contributed by atoms with E-state index >= 15 is 0 Å². The monoisotopic (exact) mass is 487 g/mol. The average molecular weight is 488 g/mol. The number of aryl methyl sites for hydroxylation is 1. The van der Waals surface area contributed by atoms with Crippen molar-refractivity contribution in [2.45, 2.75) is 13.3 Å². The Kier molecular flexibility index (Phi) is 10.8. The van der Waals surface area contributed by atoms with Crippen molar-refractivity contribution in [3.8, 4) is 17.2 Å². The van der Waals surface area contributed by atoms with Gasteiger partial charge in [-0.3, -0.25) is 14.4 Å². The molecule has 0 heterocycles. The first-order valence-electron chi connectivity index (χ1n) is 11.0. The van der Waals surface area contributed by atoms with Gasteiger partial charge in [0.15, 0.2) is 11.5 Å². The Hall–Kier alpha value is -3.79. The molecule has 0 saturated carbocycles. The molecule has 0 atom stereocenters. The second kappa shape index (κ2) is 13.8. The third kappa shape index (κ3) is 8.18. The lowest BCUT2D eigenvalue weighted by molar-refractivity contribution is -0.124.